The van der Waals surface area contributed by atoms with Crippen LogP contribution in [0.25, 0.3) is 16.7 Å². The Morgan fingerprint density at radius 3 is 2.67 bits per heavy atom. The fourth-order valence-electron chi connectivity index (χ4n) is 3.01. The second kappa shape index (κ2) is 5.27. The first kappa shape index (κ1) is 15.1. The average molecular weight is 345 g/mol. The van der Waals surface area contributed by atoms with Gasteiger partial charge < -0.3 is 0 Å². The van der Waals surface area contributed by atoms with Crippen LogP contribution in [0.4, 0.5) is 0 Å². The fourth-order valence-corrected chi connectivity index (χ4v) is 3.13. The summed E-state index contributed by atoms with van der Waals surface area (Å²) in [6.07, 6.45) is 4.23. The molecule has 0 aliphatic carbocycles. The summed E-state index contributed by atoms with van der Waals surface area (Å²) in [7, 11) is 1.86. The van der Waals surface area contributed by atoms with E-state index in [9.17, 15) is 0 Å². The first-order valence-electron chi connectivity index (χ1n) is 7.75. The number of nitrogens with zero attached hydrogens (tertiary/aromatic N) is 8. The number of aromatic nitrogens is 8. The molecule has 0 aliphatic heterocycles. The molecular formula is C15H17ClN8. The second-order valence-electron chi connectivity index (χ2n) is 5.84. The Labute approximate surface area is 143 Å². The summed E-state index contributed by atoms with van der Waals surface area (Å²) in [6.45, 7) is 5.94. The molecule has 0 radical (unpaired) electrons. The van der Waals surface area contributed by atoms with Crippen LogP contribution in [0.5, 0.6) is 0 Å². The number of rotatable bonds is 3. The van der Waals surface area contributed by atoms with Gasteiger partial charge in [0.1, 0.15) is 12.4 Å². The van der Waals surface area contributed by atoms with Crippen LogP contribution in [0.1, 0.15) is 36.6 Å². The van der Waals surface area contributed by atoms with Crippen molar-refractivity contribution in [1.29, 1.82) is 0 Å². The first-order valence-corrected chi connectivity index (χ1v) is 8.13. The molecule has 0 saturated carbocycles. The highest BCUT2D eigenvalue weighted by Crippen LogP contribution is 2.27. The monoisotopic (exact) mass is 344 g/mol. The topological polar surface area (TPSA) is 78.7 Å². The van der Waals surface area contributed by atoms with Crippen LogP contribution in [0, 0.1) is 13.8 Å². The van der Waals surface area contributed by atoms with Crippen molar-refractivity contribution >= 4 is 28.3 Å². The molecule has 0 N–H and O–H groups in total. The molecule has 24 heavy (non-hydrogen) atoms. The van der Waals surface area contributed by atoms with Gasteiger partial charge >= 0.3 is 0 Å². The smallest absolute Gasteiger partial charge is 0.176 e. The van der Waals surface area contributed by atoms with Gasteiger partial charge in [-0.1, -0.05) is 18.5 Å². The van der Waals surface area contributed by atoms with Crippen LogP contribution >= 0.6 is 11.6 Å². The average Bonchev–Trinajstić information content (AvgIpc) is 3.22. The predicted octanol–water partition coefficient (Wildman–Crippen LogP) is 2.48. The predicted molar refractivity (Wildman–Crippen MR) is 90.2 cm³/mol. The molecule has 4 aromatic rings. The van der Waals surface area contributed by atoms with Crippen LogP contribution in [-0.4, -0.2) is 39.1 Å². The highest BCUT2D eigenvalue weighted by Gasteiger charge is 2.23. The van der Waals surface area contributed by atoms with Gasteiger partial charge in [-0.15, -0.1) is 5.10 Å². The fraction of sp³-hybridized carbons (Fsp3) is 0.400. The molecule has 4 aromatic heterocycles. The van der Waals surface area contributed by atoms with Gasteiger partial charge in [0.15, 0.2) is 17.1 Å². The van der Waals surface area contributed by atoms with E-state index in [4.69, 9.17) is 16.6 Å². The standard InChI is InChI=1S/C15H17ClN8/c1-5-11(24-9(3)12(16)8(2)20-24)13-19-15-10-6-18-22(4)14(10)17-7-23(15)21-13/h6-7,11H,5H2,1-4H3/t11-/m0/s1. The quantitative estimate of drug-likeness (QED) is 0.570. The number of fused-ring (bicyclic) bond motifs is 3. The third kappa shape index (κ3) is 2.02. The van der Waals surface area contributed by atoms with E-state index in [-0.39, 0.29) is 6.04 Å². The Bertz CT molecular complexity index is 1060. The van der Waals surface area contributed by atoms with Crippen molar-refractivity contribution in [2.24, 2.45) is 7.05 Å². The summed E-state index contributed by atoms with van der Waals surface area (Å²) in [4.78, 5) is 9.13. The zero-order valence-corrected chi connectivity index (χ0v) is 14.7. The van der Waals surface area contributed by atoms with Gasteiger partial charge in [-0.25, -0.2) is 14.5 Å². The van der Waals surface area contributed by atoms with E-state index in [0.717, 1.165) is 34.5 Å². The molecule has 8 nitrogen and oxygen atoms in total. The van der Waals surface area contributed by atoms with Gasteiger partial charge in [0.2, 0.25) is 0 Å². The van der Waals surface area contributed by atoms with Crippen LogP contribution in [-0.2, 0) is 7.05 Å². The maximum absolute atomic E-state index is 6.30. The lowest BCUT2D eigenvalue weighted by molar-refractivity contribution is 0.472. The number of aryl methyl sites for hydroxylation is 2. The van der Waals surface area contributed by atoms with Crippen molar-refractivity contribution in [3.8, 4) is 0 Å². The SMILES string of the molecule is CC[C@@H](c1nc2c3cnn(C)c3ncn2n1)n1nc(C)c(Cl)c1C. The molecule has 0 amide bonds. The Hall–Kier alpha value is -2.48. The molecule has 9 heteroatoms. The first-order chi connectivity index (χ1) is 11.5. The molecule has 0 aromatic carbocycles. The number of hydrogen-bond donors (Lipinski definition) is 0. The molecule has 1 atom stereocenters. The molecule has 0 spiro atoms. The molecule has 0 fully saturated rings. The zero-order valence-electron chi connectivity index (χ0n) is 13.9. The molecule has 0 aliphatic rings. The van der Waals surface area contributed by atoms with Crippen molar-refractivity contribution in [2.45, 2.75) is 33.2 Å². The minimum absolute atomic E-state index is 0.0807. The van der Waals surface area contributed by atoms with Crippen molar-refractivity contribution in [2.75, 3.05) is 0 Å². The molecule has 0 saturated heterocycles. The Kier molecular flexibility index (Phi) is 3.31. The lowest BCUT2D eigenvalue weighted by Gasteiger charge is -2.13. The summed E-state index contributed by atoms with van der Waals surface area (Å²) in [5.74, 6) is 0.693. The molecule has 4 rings (SSSR count). The van der Waals surface area contributed by atoms with Crippen molar-refractivity contribution in [1.82, 2.24) is 39.1 Å². The molecule has 0 unspecified atom stereocenters. The van der Waals surface area contributed by atoms with Crippen LogP contribution < -0.4 is 0 Å². The highest BCUT2D eigenvalue weighted by atomic mass is 35.5. The minimum Gasteiger partial charge on any atom is -0.257 e. The lowest BCUT2D eigenvalue weighted by Crippen LogP contribution is -2.14. The summed E-state index contributed by atoms with van der Waals surface area (Å²) in [6, 6.07) is -0.0807. The van der Waals surface area contributed by atoms with E-state index < -0.39 is 0 Å². The lowest BCUT2D eigenvalue weighted by atomic mass is 10.2. The molecule has 0 bridgehead atoms. The van der Waals surface area contributed by atoms with E-state index in [1.807, 2.05) is 25.6 Å². The Balaban J connectivity index is 1.90. The third-order valence-corrected chi connectivity index (χ3v) is 4.85. The summed E-state index contributed by atoms with van der Waals surface area (Å²) in [5.41, 5.74) is 3.26. The van der Waals surface area contributed by atoms with Crippen LogP contribution in [0.3, 0.4) is 0 Å². The normalized spacial score (nSPS) is 13.2. The van der Waals surface area contributed by atoms with Gasteiger partial charge in [-0.2, -0.15) is 10.2 Å². The van der Waals surface area contributed by atoms with E-state index >= 15 is 0 Å². The number of halogens is 1. The van der Waals surface area contributed by atoms with Gasteiger partial charge in [0, 0.05) is 7.05 Å². The van der Waals surface area contributed by atoms with Gasteiger partial charge in [0.25, 0.3) is 0 Å². The molecule has 4 heterocycles. The van der Waals surface area contributed by atoms with E-state index in [1.54, 1.807) is 21.7 Å². The highest BCUT2D eigenvalue weighted by molar-refractivity contribution is 6.31. The third-order valence-electron chi connectivity index (χ3n) is 4.30. The number of hydrogen-bond acceptors (Lipinski definition) is 5. The maximum atomic E-state index is 6.30. The molecular weight excluding hydrogens is 328 g/mol. The van der Waals surface area contributed by atoms with Crippen LogP contribution in [0.2, 0.25) is 5.02 Å². The van der Waals surface area contributed by atoms with E-state index in [0.29, 0.717) is 10.8 Å². The van der Waals surface area contributed by atoms with E-state index in [1.165, 1.54) is 0 Å². The van der Waals surface area contributed by atoms with Gasteiger partial charge in [-0.05, 0) is 20.3 Å². The van der Waals surface area contributed by atoms with Crippen molar-refractivity contribution in [3.63, 3.8) is 0 Å². The van der Waals surface area contributed by atoms with Gasteiger partial charge in [-0.3, -0.25) is 9.36 Å². The largest absolute Gasteiger partial charge is 0.257 e. The summed E-state index contributed by atoms with van der Waals surface area (Å²) >= 11 is 6.30. The molecule has 124 valence electrons. The van der Waals surface area contributed by atoms with Crippen molar-refractivity contribution in [3.05, 3.63) is 34.8 Å². The second-order valence-corrected chi connectivity index (χ2v) is 6.22. The van der Waals surface area contributed by atoms with E-state index in [2.05, 4.69) is 27.2 Å². The summed E-state index contributed by atoms with van der Waals surface area (Å²) in [5, 5.41) is 15.0. The minimum atomic E-state index is -0.0807. The van der Waals surface area contributed by atoms with Crippen LogP contribution in [0.15, 0.2) is 12.5 Å². The van der Waals surface area contributed by atoms with Crippen molar-refractivity contribution < 1.29 is 0 Å². The zero-order chi connectivity index (χ0) is 17.0. The Morgan fingerprint density at radius 1 is 1.21 bits per heavy atom. The Morgan fingerprint density at radius 2 is 2.00 bits per heavy atom. The maximum Gasteiger partial charge on any atom is 0.176 e. The van der Waals surface area contributed by atoms with Gasteiger partial charge in [0.05, 0.1) is 28.0 Å². The summed E-state index contributed by atoms with van der Waals surface area (Å²) < 4.78 is 5.32.